The maximum atomic E-state index is 10.3. The minimum Gasteiger partial charge on any atom is -0.477 e. The summed E-state index contributed by atoms with van der Waals surface area (Å²) in [7, 11) is 0. The van der Waals surface area contributed by atoms with Gasteiger partial charge in [-0.3, -0.25) is 9.97 Å². The molecule has 3 aromatic heterocycles. The van der Waals surface area contributed by atoms with Crippen LogP contribution in [0.2, 0.25) is 0 Å². The van der Waals surface area contributed by atoms with Crippen LogP contribution >= 0.6 is 0 Å². The van der Waals surface area contributed by atoms with Crippen LogP contribution in [-0.2, 0) is 58.8 Å². The third-order valence-electron chi connectivity index (χ3n) is 2.82. The third kappa shape index (κ3) is 13.2. The van der Waals surface area contributed by atoms with Gasteiger partial charge in [0.15, 0.2) is 5.69 Å². The summed E-state index contributed by atoms with van der Waals surface area (Å²) in [5.74, 6) is 0.921. The molecule has 0 atom stereocenters. The number of carboxylic acid groups (broad SMARTS) is 1. The molecule has 154 valence electrons. The van der Waals surface area contributed by atoms with Gasteiger partial charge in [0.25, 0.3) is 0 Å². The minimum atomic E-state index is -1.02. The molecule has 0 saturated carbocycles. The Bertz CT molecular complexity index is 868. The Kier molecular flexibility index (Phi) is 16.4. The molecule has 29 heavy (non-hydrogen) atoms. The SMILES string of the molecule is Cc1nccc(C(=O)O)n1.Cc1nccc(CO)n1.[CH2-]c1ccnc(C)n1.[Rh].[Y]. The monoisotopic (exact) mass is 561 g/mol. The molecule has 3 heterocycles. The smallest absolute Gasteiger partial charge is 0.354 e. The van der Waals surface area contributed by atoms with E-state index in [-0.39, 0.29) is 64.5 Å². The molecule has 0 aromatic carbocycles. The summed E-state index contributed by atoms with van der Waals surface area (Å²) in [5.41, 5.74) is 1.48. The molecule has 0 bridgehead atoms. The van der Waals surface area contributed by atoms with Crippen molar-refractivity contribution < 1.29 is 67.2 Å². The van der Waals surface area contributed by atoms with Gasteiger partial charge in [0.05, 0.1) is 12.3 Å². The van der Waals surface area contributed by atoms with Crippen LogP contribution in [0.4, 0.5) is 0 Å². The van der Waals surface area contributed by atoms with Gasteiger partial charge in [0.2, 0.25) is 0 Å². The maximum Gasteiger partial charge on any atom is 0.354 e. The van der Waals surface area contributed by atoms with Crippen LogP contribution in [-0.4, -0.2) is 46.1 Å². The zero-order chi connectivity index (χ0) is 20.2. The first kappa shape index (κ1) is 29.5. The number of aliphatic hydroxyl groups excluding tert-OH is 1. The predicted octanol–water partition coefficient (Wildman–Crippen LogP) is 1.72. The molecule has 0 aliphatic heterocycles. The van der Waals surface area contributed by atoms with Crippen LogP contribution in [0.1, 0.15) is 39.3 Å². The fourth-order valence-corrected chi connectivity index (χ4v) is 1.67. The topological polar surface area (TPSA) is 135 Å². The second-order valence-corrected chi connectivity index (χ2v) is 5.14. The number of aromatic nitrogens is 6. The van der Waals surface area contributed by atoms with Crippen LogP contribution in [0.5, 0.6) is 0 Å². The Morgan fingerprint density at radius 3 is 1.69 bits per heavy atom. The number of aryl methyl sites for hydroxylation is 3. The van der Waals surface area contributed by atoms with Crippen molar-refractivity contribution in [3.05, 3.63) is 78.3 Å². The van der Waals surface area contributed by atoms with Crippen LogP contribution in [0.15, 0.2) is 36.8 Å². The van der Waals surface area contributed by atoms with Crippen LogP contribution in [0, 0.1) is 27.7 Å². The van der Waals surface area contributed by atoms with E-state index in [9.17, 15) is 4.79 Å². The quantitative estimate of drug-likeness (QED) is 0.355. The summed E-state index contributed by atoms with van der Waals surface area (Å²) in [4.78, 5) is 33.3. The number of carbonyl (C=O) groups is 1. The van der Waals surface area contributed by atoms with Crippen molar-refractivity contribution in [3.63, 3.8) is 0 Å². The van der Waals surface area contributed by atoms with E-state index >= 15 is 0 Å². The Morgan fingerprint density at radius 2 is 1.38 bits per heavy atom. The minimum absolute atomic E-state index is 0. The van der Waals surface area contributed by atoms with Gasteiger partial charge in [-0.05, 0) is 39.1 Å². The van der Waals surface area contributed by atoms with E-state index in [4.69, 9.17) is 10.2 Å². The molecule has 0 spiro atoms. The van der Waals surface area contributed by atoms with Gasteiger partial charge in [0.1, 0.15) is 17.5 Å². The number of hydrogen-bond acceptors (Lipinski definition) is 8. The average Bonchev–Trinajstić information content (AvgIpc) is 2.62. The number of hydrogen-bond donors (Lipinski definition) is 2. The number of aromatic carboxylic acids is 1. The predicted molar refractivity (Wildman–Crippen MR) is 97.6 cm³/mol. The fourth-order valence-electron chi connectivity index (χ4n) is 1.67. The van der Waals surface area contributed by atoms with Crippen molar-refractivity contribution in [3.8, 4) is 0 Å². The fraction of sp³-hybridized carbons (Fsp3) is 0.222. The van der Waals surface area contributed by atoms with E-state index in [1.807, 2.05) is 6.92 Å². The zero-order valence-electron chi connectivity index (χ0n) is 16.3. The van der Waals surface area contributed by atoms with Gasteiger partial charge >= 0.3 is 5.97 Å². The number of carboxylic acids is 1. The summed E-state index contributed by atoms with van der Waals surface area (Å²) in [6.07, 6.45) is 4.75. The summed E-state index contributed by atoms with van der Waals surface area (Å²) in [5, 5.41) is 17.0. The van der Waals surface area contributed by atoms with E-state index in [0.717, 1.165) is 11.5 Å². The van der Waals surface area contributed by atoms with E-state index in [0.29, 0.717) is 17.3 Å². The van der Waals surface area contributed by atoms with Crippen molar-refractivity contribution in [2.45, 2.75) is 27.4 Å². The van der Waals surface area contributed by atoms with Crippen LogP contribution in [0.25, 0.3) is 0 Å². The first-order valence-electron chi connectivity index (χ1n) is 7.85. The molecule has 11 heteroatoms. The number of nitrogens with zero attached hydrogens (tertiary/aromatic N) is 6. The summed E-state index contributed by atoms with van der Waals surface area (Å²) in [6, 6.07) is 4.81. The van der Waals surface area contributed by atoms with Crippen molar-refractivity contribution >= 4 is 5.97 Å². The summed E-state index contributed by atoms with van der Waals surface area (Å²) >= 11 is 0. The largest absolute Gasteiger partial charge is 0.477 e. The first-order chi connectivity index (χ1) is 12.8. The molecule has 9 nitrogen and oxygen atoms in total. The molecule has 0 amide bonds. The molecule has 0 fully saturated rings. The van der Waals surface area contributed by atoms with Crippen LogP contribution in [0.3, 0.4) is 0 Å². The van der Waals surface area contributed by atoms with Crippen molar-refractivity contribution in [2.24, 2.45) is 0 Å². The molecular weight excluding hydrogens is 540 g/mol. The summed E-state index contributed by atoms with van der Waals surface area (Å²) < 4.78 is 0. The van der Waals surface area contributed by atoms with Gasteiger partial charge < -0.3 is 10.2 Å². The first-order valence-corrected chi connectivity index (χ1v) is 7.85. The van der Waals surface area contributed by atoms with E-state index < -0.39 is 5.97 Å². The van der Waals surface area contributed by atoms with Gasteiger partial charge in [-0.2, -0.15) is 6.07 Å². The second-order valence-electron chi connectivity index (χ2n) is 5.14. The number of rotatable bonds is 2. The number of aliphatic hydroxyl groups is 1. The van der Waals surface area contributed by atoms with Gasteiger partial charge in [-0.25, -0.2) is 31.7 Å². The third-order valence-corrected chi connectivity index (χ3v) is 2.82. The van der Waals surface area contributed by atoms with E-state index in [1.54, 1.807) is 38.4 Å². The second kappa shape index (κ2) is 16.1. The Hall–Kier alpha value is -1.73. The van der Waals surface area contributed by atoms with E-state index in [2.05, 4.69) is 36.8 Å². The van der Waals surface area contributed by atoms with Gasteiger partial charge in [-0.15, -0.1) is 0 Å². The van der Waals surface area contributed by atoms with Crippen molar-refractivity contribution in [1.29, 1.82) is 0 Å². The Balaban J connectivity index is 0. The summed E-state index contributed by atoms with van der Waals surface area (Å²) in [6.45, 7) is 8.90. The van der Waals surface area contributed by atoms with Crippen LogP contribution < -0.4 is 0 Å². The maximum absolute atomic E-state index is 10.3. The molecule has 2 radical (unpaired) electrons. The van der Waals surface area contributed by atoms with Gasteiger partial charge in [-0.1, -0.05) is 5.69 Å². The molecule has 0 unspecified atom stereocenters. The Labute approximate surface area is 207 Å². The molecule has 3 rings (SSSR count). The molecule has 0 aliphatic carbocycles. The normalized spacial score (nSPS) is 8.69. The molecule has 0 aliphatic rings. The molecule has 3 aromatic rings. The van der Waals surface area contributed by atoms with Gasteiger partial charge in [0, 0.05) is 64.6 Å². The zero-order valence-corrected chi connectivity index (χ0v) is 20.8. The van der Waals surface area contributed by atoms with Crippen molar-refractivity contribution in [1.82, 2.24) is 29.9 Å². The standard InChI is InChI=1S/C6H6N2O2.C6H8N2O.C6H7N2.Rh.Y/c1-4-7-3-2-5(8-4)6(9)10;1-5-7-3-2-6(4-9)8-5;1-5-3-4-7-6(2)8-5;;/h2-3H,1H3,(H,9,10);2-3,9H,4H2,1H3;3-4H,1H2,2H3;;/q;;-1;;. The van der Waals surface area contributed by atoms with Crippen molar-refractivity contribution in [2.75, 3.05) is 0 Å². The molecule has 0 saturated heterocycles. The average molecular weight is 561 g/mol. The molecular formula is C18H21N6O3RhY-. The molecule has 2 N–H and O–H groups in total. The Morgan fingerprint density at radius 1 is 0.897 bits per heavy atom. The van der Waals surface area contributed by atoms with E-state index in [1.165, 1.54) is 12.3 Å².